The molecule has 0 heterocycles. The van der Waals surface area contributed by atoms with Crippen LogP contribution in [0.5, 0.6) is 0 Å². The van der Waals surface area contributed by atoms with E-state index in [1.807, 2.05) is 6.92 Å². The minimum absolute atomic E-state index is 0.0329. The van der Waals surface area contributed by atoms with Gasteiger partial charge in [0.1, 0.15) is 11.8 Å². The average Bonchev–Trinajstić information content (AvgIpc) is 2.40. The van der Waals surface area contributed by atoms with Gasteiger partial charge < -0.3 is 14.9 Å². The third-order valence-corrected chi connectivity index (χ3v) is 3.00. The molecule has 106 valence electrons. The fourth-order valence-electron chi connectivity index (χ4n) is 1.56. The number of alkyl halides is 2. The van der Waals surface area contributed by atoms with Crippen molar-refractivity contribution >= 4 is 35.0 Å². The van der Waals surface area contributed by atoms with E-state index in [2.05, 4.69) is 0 Å². The van der Waals surface area contributed by atoms with Crippen LogP contribution >= 0.6 is 23.2 Å². The summed E-state index contributed by atoms with van der Waals surface area (Å²) in [6.07, 6.45) is 0.638. The lowest BCUT2D eigenvalue weighted by molar-refractivity contribution is -0.129. The van der Waals surface area contributed by atoms with E-state index >= 15 is 0 Å². The number of aliphatic hydroxyl groups excluding tert-OH is 1. The molecule has 0 radical (unpaired) electrons. The zero-order valence-electron chi connectivity index (χ0n) is 10.6. The number of aliphatic hydroxyl groups is 1. The molecule has 0 fully saturated rings. The van der Waals surface area contributed by atoms with Crippen LogP contribution in [0.4, 0.5) is 0 Å². The van der Waals surface area contributed by atoms with Gasteiger partial charge in [0.05, 0.1) is 6.61 Å². The first kappa shape index (κ1) is 17.5. The Morgan fingerprint density at radius 1 is 1.00 bits per heavy atom. The molecule has 0 saturated carbocycles. The Labute approximate surface area is 118 Å². The van der Waals surface area contributed by atoms with E-state index in [4.69, 9.17) is 28.3 Å². The molecule has 18 heavy (non-hydrogen) atoms. The van der Waals surface area contributed by atoms with Crippen LogP contribution in [-0.4, -0.2) is 71.3 Å². The highest BCUT2D eigenvalue weighted by atomic mass is 35.5. The average molecular weight is 299 g/mol. The minimum atomic E-state index is -0.211. The Balaban J connectivity index is 4.11. The highest BCUT2D eigenvalue weighted by molar-refractivity contribution is 6.27. The van der Waals surface area contributed by atoms with E-state index in [1.165, 1.54) is 4.90 Å². The molecule has 0 atom stereocenters. The predicted molar refractivity (Wildman–Crippen MR) is 72.0 cm³/mol. The maximum Gasteiger partial charge on any atom is 0.237 e. The summed E-state index contributed by atoms with van der Waals surface area (Å²) < 4.78 is 0. The van der Waals surface area contributed by atoms with Gasteiger partial charge in [-0.1, -0.05) is 0 Å². The fourth-order valence-corrected chi connectivity index (χ4v) is 1.90. The van der Waals surface area contributed by atoms with Crippen LogP contribution in [-0.2, 0) is 9.59 Å². The number of halogens is 2. The molecule has 0 bridgehead atoms. The molecule has 2 amide bonds. The zero-order valence-corrected chi connectivity index (χ0v) is 12.1. The molecule has 0 aliphatic rings. The van der Waals surface area contributed by atoms with Gasteiger partial charge in [-0.15, -0.1) is 23.2 Å². The Bertz CT molecular complexity index is 265. The van der Waals surface area contributed by atoms with Crippen molar-refractivity contribution in [2.24, 2.45) is 0 Å². The Morgan fingerprint density at radius 2 is 1.50 bits per heavy atom. The SMILES string of the molecule is CCN(CCCN(CCO)C(=O)CCl)C(=O)CCl. The van der Waals surface area contributed by atoms with Gasteiger partial charge in [0.25, 0.3) is 0 Å². The molecule has 0 rings (SSSR count). The summed E-state index contributed by atoms with van der Waals surface area (Å²) >= 11 is 11.0. The lowest BCUT2D eigenvalue weighted by Gasteiger charge is -2.24. The van der Waals surface area contributed by atoms with Crippen molar-refractivity contribution in [1.82, 2.24) is 9.80 Å². The zero-order chi connectivity index (χ0) is 14.0. The van der Waals surface area contributed by atoms with Crippen LogP contribution in [0, 0.1) is 0 Å². The lowest BCUT2D eigenvalue weighted by atomic mass is 10.3. The molecule has 0 aromatic rings. The van der Waals surface area contributed by atoms with Crippen LogP contribution in [0.1, 0.15) is 13.3 Å². The number of hydrogen-bond donors (Lipinski definition) is 1. The normalized spacial score (nSPS) is 10.2. The molecule has 0 aliphatic heterocycles. The molecule has 0 saturated heterocycles. The van der Waals surface area contributed by atoms with Crippen LogP contribution in [0.2, 0.25) is 0 Å². The van der Waals surface area contributed by atoms with Crippen molar-refractivity contribution in [1.29, 1.82) is 0 Å². The second kappa shape index (κ2) is 10.4. The van der Waals surface area contributed by atoms with E-state index in [0.717, 1.165) is 0 Å². The van der Waals surface area contributed by atoms with Gasteiger partial charge in [0.15, 0.2) is 0 Å². The first-order valence-corrected chi connectivity index (χ1v) is 6.95. The monoisotopic (exact) mass is 298 g/mol. The number of carbonyl (C=O) groups is 2. The first-order valence-electron chi connectivity index (χ1n) is 5.89. The van der Waals surface area contributed by atoms with Crippen molar-refractivity contribution in [2.75, 3.05) is 44.5 Å². The summed E-state index contributed by atoms with van der Waals surface area (Å²) in [6.45, 7) is 3.65. The molecule has 0 aromatic heterocycles. The third-order valence-electron chi connectivity index (χ3n) is 2.54. The quantitative estimate of drug-likeness (QED) is 0.632. The predicted octanol–water partition coefficient (Wildman–Crippen LogP) is 0.523. The van der Waals surface area contributed by atoms with Crippen molar-refractivity contribution in [3.8, 4) is 0 Å². The van der Waals surface area contributed by atoms with Crippen LogP contribution in [0.25, 0.3) is 0 Å². The number of amides is 2. The molecule has 0 unspecified atom stereocenters. The van der Waals surface area contributed by atoms with E-state index in [0.29, 0.717) is 26.1 Å². The summed E-state index contributed by atoms with van der Waals surface area (Å²) in [6, 6.07) is 0. The maximum atomic E-state index is 11.4. The summed E-state index contributed by atoms with van der Waals surface area (Å²) in [4.78, 5) is 25.9. The molecular weight excluding hydrogens is 279 g/mol. The van der Waals surface area contributed by atoms with Crippen LogP contribution in [0.15, 0.2) is 0 Å². The molecule has 1 N–H and O–H groups in total. The smallest absolute Gasteiger partial charge is 0.237 e. The van der Waals surface area contributed by atoms with Crippen LogP contribution < -0.4 is 0 Å². The minimum Gasteiger partial charge on any atom is -0.395 e. The molecule has 7 heteroatoms. The largest absolute Gasteiger partial charge is 0.395 e. The molecule has 0 aliphatic carbocycles. The van der Waals surface area contributed by atoms with Gasteiger partial charge in [0, 0.05) is 26.2 Å². The van der Waals surface area contributed by atoms with Crippen molar-refractivity contribution < 1.29 is 14.7 Å². The van der Waals surface area contributed by atoms with E-state index in [9.17, 15) is 9.59 Å². The number of nitrogens with zero attached hydrogens (tertiary/aromatic N) is 2. The highest BCUT2D eigenvalue weighted by Crippen LogP contribution is 1.99. The summed E-state index contributed by atoms with van der Waals surface area (Å²) in [5.41, 5.74) is 0. The Morgan fingerprint density at radius 3 is 1.94 bits per heavy atom. The number of rotatable bonds is 9. The van der Waals surface area contributed by atoms with E-state index < -0.39 is 0 Å². The van der Waals surface area contributed by atoms with Gasteiger partial charge in [-0.25, -0.2) is 0 Å². The molecule has 5 nitrogen and oxygen atoms in total. The van der Waals surface area contributed by atoms with Gasteiger partial charge >= 0.3 is 0 Å². The summed E-state index contributed by atoms with van der Waals surface area (Å²) in [5.74, 6) is -0.457. The topological polar surface area (TPSA) is 60.9 Å². The number of carbonyl (C=O) groups excluding carboxylic acids is 2. The fraction of sp³-hybridized carbons (Fsp3) is 0.818. The third kappa shape index (κ3) is 6.42. The highest BCUT2D eigenvalue weighted by Gasteiger charge is 2.13. The second-order valence-corrected chi connectivity index (χ2v) is 4.23. The van der Waals surface area contributed by atoms with Gasteiger partial charge in [-0.05, 0) is 13.3 Å². The van der Waals surface area contributed by atoms with Gasteiger partial charge in [-0.2, -0.15) is 0 Å². The van der Waals surface area contributed by atoms with Crippen LogP contribution in [0.3, 0.4) is 0 Å². The Hall–Kier alpha value is -0.520. The lowest BCUT2D eigenvalue weighted by Crippen LogP contribution is -2.38. The van der Waals surface area contributed by atoms with Crippen molar-refractivity contribution in [2.45, 2.75) is 13.3 Å². The number of hydrogen-bond acceptors (Lipinski definition) is 3. The summed E-state index contributed by atoms with van der Waals surface area (Å²) in [7, 11) is 0. The van der Waals surface area contributed by atoms with Crippen molar-refractivity contribution in [3.05, 3.63) is 0 Å². The van der Waals surface area contributed by atoms with Gasteiger partial charge in [0.2, 0.25) is 11.8 Å². The first-order chi connectivity index (χ1) is 8.60. The standard InChI is InChI=1S/C11H20Cl2N2O3/c1-2-14(10(17)8-12)4-3-5-15(6-7-16)11(18)9-13/h16H,2-9H2,1H3. The van der Waals surface area contributed by atoms with E-state index in [1.54, 1.807) is 4.90 Å². The van der Waals surface area contributed by atoms with E-state index in [-0.39, 0.29) is 36.7 Å². The summed E-state index contributed by atoms with van der Waals surface area (Å²) in [5, 5.41) is 8.84. The molecule has 0 aromatic carbocycles. The van der Waals surface area contributed by atoms with Crippen molar-refractivity contribution in [3.63, 3.8) is 0 Å². The Kier molecular flexibility index (Phi) is 10.1. The maximum absolute atomic E-state index is 11.4. The molecular formula is C11H20Cl2N2O3. The molecule has 0 spiro atoms. The van der Waals surface area contributed by atoms with Gasteiger partial charge in [-0.3, -0.25) is 9.59 Å². The second-order valence-electron chi connectivity index (χ2n) is 3.70.